The highest BCUT2D eigenvalue weighted by Crippen LogP contribution is 2.53. The number of rotatable bonds is 6. The summed E-state index contributed by atoms with van der Waals surface area (Å²) in [5.74, 6) is -0.399. The quantitative estimate of drug-likeness (QED) is 0.624. The number of hydrogen-bond acceptors (Lipinski definition) is 5. The van der Waals surface area contributed by atoms with Gasteiger partial charge < -0.3 is 9.64 Å². The Morgan fingerprint density at radius 2 is 2.00 bits per heavy atom. The van der Waals surface area contributed by atoms with Crippen LogP contribution in [-0.2, 0) is 20.9 Å². The average Bonchev–Trinajstić information content (AvgIpc) is 3.05. The van der Waals surface area contributed by atoms with E-state index in [2.05, 4.69) is 13.8 Å². The number of allylic oxidation sites excluding steroid dienone is 1. The van der Waals surface area contributed by atoms with Crippen molar-refractivity contribution in [1.29, 1.82) is 0 Å². The lowest BCUT2D eigenvalue weighted by Gasteiger charge is -2.29. The Hall–Kier alpha value is -1.66. The van der Waals surface area contributed by atoms with E-state index >= 15 is 0 Å². The molecule has 1 fully saturated rings. The van der Waals surface area contributed by atoms with Crippen molar-refractivity contribution < 1.29 is 14.3 Å². The van der Waals surface area contributed by atoms with Crippen LogP contribution in [-0.4, -0.2) is 38.2 Å². The fourth-order valence-corrected chi connectivity index (χ4v) is 6.20. The standard InChI is InChI=1S/C22H27NO3S2/c1-6-10-16-17(27-14(2)3)19(24)23-18(22(4,5)28-20(16)23)21(25)26-13-15-11-8-7-9-12-15/h6-12,14,18,20H,13H2,1-5H3/b10-6+/t18-,20+/m0/s1. The Morgan fingerprint density at radius 1 is 1.32 bits per heavy atom. The van der Waals surface area contributed by atoms with Crippen LogP contribution in [0.15, 0.2) is 53.0 Å². The van der Waals surface area contributed by atoms with Crippen LogP contribution in [0.3, 0.4) is 0 Å². The first-order valence-corrected chi connectivity index (χ1v) is 11.3. The number of esters is 1. The minimum Gasteiger partial charge on any atom is -0.459 e. The second-order valence-corrected chi connectivity index (χ2v) is 11.1. The van der Waals surface area contributed by atoms with Crippen LogP contribution >= 0.6 is 23.5 Å². The molecule has 0 aromatic heterocycles. The van der Waals surface area contributed by atoms with E-state index in [1.165, 1.54) is 0 Å². The van der Waals surface area contributed by atoms with Crippen molar-refractivity contribution in [3.05, 3.63) is 58.5 Å². The molecule has 0 spiro atoms. The molecule has 0 aliphatic carbocycles. The molecule has 2 atom stereocenters. The third-order valence-corrected chi connectivity index (χ3v) is 7.36. The first kappa shape index (κ1) is 21.1. The Bertz CT molecular complexity index is 814. The van der Waals surface area contributed by atoms with E-state index in [1.807, 2.05) is 63.3 Å². The third kappa shape index (κ3) is 4.03. The van der Waals surface area contributed by atoms with Gasteiger partial charge in [-0.1, -0.05) is 56.3 Å². The molecular weight excluding hydrogens is 390 g/mol. The smallest absolute Gasteiger partial charge is 0.330 e. The Kier molecular flexibility index (Phi) is 6.30. The molecule has 3 rings (SSSR count). The summed E-state index contributed by atoms with van der Waals surface area (Å²) in [5, 5.41) is 0.148. The summed E-state index contributed by atoms with van der Waals surface area (Å²) in [6.45, 7) is 10.3. The van der Waals surface area contributed by atoms with Crippen LogP contribution in [0, 0.1) is 0 Å². The second-order valence-electron chi connectivity index (χ2n) is 7.73. The van der Waals surface area contributed by atoms with Crippen LogP contribution in [0.2, 0.25) is 0 Å². The first-order valence-electron chi connectivity index (χ1n) is 9.51. The molecule has 4 nitrogen and oxygen atoms in total. The van der Waals surface area contributed by atoms with E-state index < -0.39 is 10.8 Å². The van der Waals surface area contributed by atoms with Crippen molar-refractivity contribution >= 4 is 35.4 Å². The van der Waals surface area contributed by atoms with E-state index in [1.54, 1.807) is 28.4 Å². The topological polar surface area (TPSA) is 46.6 Å². The van der Waals surface area contributed by atoms with Crippen molar-refractivity contribution in [2.45, 2.75) is 62.6 Å². The van der Waals surface area contributed by atoms with Crippen molar-refractivity contribution in [3.63, 3.8) is 0 Å². The lowest BCUT2D eigenvalue weighted by Crippen LogP contribution is -2.49. The zero-order valence-corrected chi connectivity index (χ0v) is 18.6. The Balaban J connectivity index is 1.85. The normalized spacial score (nSPS) is 23.8. The number of amides is 1. The van der Waals surface area contributed by atoms with E-state index in [0.29, 0.717) is 5.25 Å². The van der Waals surface area contributed by atoms with E-state index in [9.17, 15) is 9.59 Å². The molecule has 0 unspecified atom stereocenters. The predicted octanol–water partition coefficient (Wildman–Crippen LogP) is 4.76. The zero-order valence-electron chi connectivity index (χ0n) is 17.0. The molecular formula is C22H27NO3S2. The molecule has 6 heteroatoms. The molecule has 0 saturated carbocycles. The molecule has 0 bridgehead atoms. The van der Waals surface area contributed by atoms with Crippen LogP contribution in [0.5, 0.6) is 0 Å². The summed E-state index contributed by atoms with van der Waals surface area (Å²) >= 11 is 3.23. The molecule has 0 radical (unpaired) electrons. The molecule has 0 N–H and O–H groups in total. The van der Waals surface area contributed by atoms with Gasteiger partial charge in [0.05, 0.1) is 4.91 Å². The molecule has 1 amide bonds. The monoisotopic (exact) mass is 417 g/mol. The third-order valence-electron chi connectivity index (χ3n) is 4.71. The maximum atomic E-state index is 13.3. The highest BCUT2D eigenvalue weighted by Gasteiger charge is 2.58. The van der Waals surface area contributed by atoms with E-state index in [4.69, 9.17) is 4.74 Å². The van der Waals surface area contributed by atoms with Gasteiger partial charge in [0.25, 0.3) is 5.91 Å². The van der Waals surface area contributed by atoms with Gasteiger partial charge in [-0.3, -0.25) is 4.79 Å². The number of thioether (sulfide) groups is 2. The van der Waals surface area contributed by atoms with Gasteiger partial charge in [0.1, 0.15) is 18.0 Å². The van der Waals surface area contributed by atoms with Crippen molar-refractivity contribution in [2.75, 3.05) is 0 Å². The number of hydrogen-bond donors (Lipinski definition) is 0. The highest BCUT2D eigenvalue weighted by atomic mass is 32.2. The molecule has 2 heterocycles. The van der Waals surface area contributed by atoms with Crippen LogP contribution in [0.1, 0.15) is 40.2 Å². The second kappa shape index (κ2) is 8.37. The maximum absolute atomic E-state index is 13.3. The van der Waals surface area contributed by atoms with Crippen LogP contribution < -0.4 is 0 Å². The van der Waals surface area contributed by atoms with Gasteiger partial charge in [-0.25, -0.2) is 4.79 Å². The van der Waals surface area contributed by atoms with Gasteiger partial charge in [-0.15, -0.1) is 23.5 Å². The minimum absolute atomic E-state index is 0.0588. The SMILES string of the molecule is C/C=C/C1=C(SC(C)C)C(=O)N2[C@@H]1SC(C)(C)[C@@H]2C(=O)OCc1ccccc1. The number of carbonyl (C=O) groups is 2. The molecule has 1 aromatic carbocycles. The van der Waals surface area contributed by atoms with Gasteiger partial charge in [0.15, 0.2) is 0 Å². The summed E-state index contributed by atoms with van der Waals surface area (Å²) < 4.78 is 5.20. The average molecular weight is 418 g/mol. The summed E-state index contributed by atoms with van der Waals surface area (Å²) in [6.07, 6.45) is 3.97. The molecule has 2 aliphatic rings. The number of benzene rings is 1. The fraction of sp³-hybridized carbons (Fsp3) is 0.455. The van der Waals surface area contributed by atoms with Crippen LogP contribution in [0.25, 0.3) is 0 Å². The molecule has 1 saturated heterocycles. The zero-order chi connectivity index (χ0) is 20.5. The molecule has 2 aliphatic heterocycles. The summed E-state index contributed by atoms with van der Waals surface area (Å²) in [5.41, 5.74) is 1.94. The van der Waals surface area contributed by atoms with E-state index in [0.717, 1.165) is 16.0 Å². The van der Waals surface area contributed by atoms with Crippen molar-refractivity contribution in [1.82, 2.24) is 4.90 Å². The summed E-state index contributed by atoms with van der Waals surface area (Å²) in [7, 11) is 0. The van der Waals surface area contributed by atoms with Gasteiger partial charge >= 0.3 is 5.97 Å². The summed E-state index contributed by atoms with van der Waals surface area (Å²) in [6, 6.07) is 9.01. The van der Waals surface area contributed by atoms with E-state index in [-0.39, 0.29) is 23.9 Å². The van der Waals surface area contributed by atoms with Gasteiger partial charge in [0.2, 0.25) is 0 Å². The first-order chi connectivity index (χ1) is 13.3. The number of ether oxygens (including phenoxy) is 1. The highest BCUT2D eigenvalue weighted by molar-refractivity contribution is 8.05. The molecule has 1 aromatic rings. The molecule has 28 heavy (non-hydrogen) atoms. The fourth-order valence-electron chi connectivity index (χ4n) is 3.57. The predicted molar refractivity (Wildman–Crippen MR) is 117 cm³/mol. The summed E-state index contributed by atoms with van der Waals surface area (Å²) in [4.78, 5) is 28.8. The maximum Gasteiger partial charge on any atom is 0.330 e. The Morgan fingerprint density at radius 3 is 2.61 bits per heavy atom. The Labute approximate surface area is 175 Å². The number of carbonyl (C=O) groups excluding carboxylic acids is 2. The number of nitrogens with zero attached hydrogens (tertiary/aromatic N) is 1. The van der Waals surface area contributed by atoms with Crippen LogP contribution in [0.4, 0.5) is 0 Å². The number of fused-ring (bicyclic) bond motifs is 1. The molecule has 150 valence electrons. The lowest BCUT2D eigenvalue weighted by molar-refractivity contribution is -0.155. The van der Waals surface area contributed by atoms with Crippen molar-refractivity contribution in [3.8, 4) is 0 Å². The van der Waals surface area contributed by atoms with Gasteiger partial charge in [-0.05, 0) is 26.3 Å². The minimum atomic E-state index is -0.607. The van der Waals surface area contributed by atoms with Gasteiger partial charge in [-0.2, -0.15) is 0 Å². The largest absolute Gasteiger partial charge is 0.459 e. The van der Waals surface area contributed by atoms with Gasteiger partial charge in [0, 0.05) is 15.6 Å². The lowest BCUT2D eigenvalue weighted by atomic mass is 10.0. The van der Waals surface area contributed by atoms with Crippen molar-refractivity contribution in [2.24, 2.45) is 0 Å².